The van der Waals surface area contributed by atoms with E-state index in [1.54, 1.807) is 0 Å². The molecule has 0 saturated carbocycles. The van der Waals surface area contributed by atoms with Gasteiger partial charge in [0.25, 0.3) is 0 Å². The summed E-state index contributed by atoms with van der Waals surface area (Å²) in [4.78, 5) is 11.9. The van der Waals surface area contributed by atoms with Crippen molar-refractivity contribution in [3.05, 3.63) is 35.4 Å². The van der Waals surface area contributed by atoms with Crippen molar-refractivity contribution >= 4 is 5.91 Å². The van der Waals surface area contributed by atoms with Gasteiger partial charge in [-0.3, -0.25) is 4.79 Å². The summed E-state index contributed by atoms with van der Waals surface area (Å²) >= 11 is 0. The summed E-state index contributed by atoms with van der Waals surface area (Å²) in [5, 5.41) is 12.1. The van der Waals surface area contributed by atoms with Gasteiger partial charge in [-0.15, -0.1) is 0 Å². The van der Waals surface area contributed by atoms with E-state index in [0.29, 0.717) is 24.8 Å². The Morgan fingerprint density at radius 2 is 2.10 bits per heavy atom. The maximum absolute atomic E-state index is 11.9. The number of benzene rings is 1. The van der Waals surface area contributed by atoms with Gasteiger partial charge in [0.1, 0.15) is 0 Å². The number of carbonyl (C=O) groups is 1. The Kier molecular flexibility index (Phi) is 7.31. The van der Waals surface area contributed by atoms with Crippen LogP contribution in [0.1, 0.15) is 37.8 Å². The zero-order valence-electron chi connectivity index (χ0n) is 12.9. The van der Waals surface area contributed by atoms with Crippen LogP contribution in [0.2, 0.25) is 0 Å². The van der Waals surface area contributed by atoms with Crippen LogP contribution in [0, 0.1) is 18.8 Å². The van der Waals surface area contributed by atoms with Crippen LogP contribution in [0.25, 0.3) is 0 Å². The number of aryl methyl sites for hydroxylation is 1. The predicted octanol–water partition coefficient (Wildman–Crippen LogP) is 2.70. The largest absolute Gasteiger partial charge is 0.396 e. The van der Waals surface area contributed by atoms with Gasteiger partial charge in [0, 0.05) is 13.2 Å². The fourth-order valence-corrected chi connectivity index (χ4v) is 2.48. The van der Waals surface area contributed by atoms with Crippen molar-refractivity contribution in [2.45, 2.75) is 40.0 Å². The summed E-state index contributed by atoms with van der Waals surface area (Å²) in [6.45, 7) is 7.20. The highest BCUT2D eigenvalue weighted by Gasteiger charge is 2.12. The molecular weight excluding hydrogens is 250 g/mol. The summed E-state index contributed by atoms with van der Waals surface area (Å²) < 4.78 is 0. The smallest absolute Gasteiger partial charge is 0.224 e. The fourth-order valence-electron chi connectivity index (χ4n) is 2.48. The number of nitrogens with one attached hydrogen (secondary N) is 1. The lowest BCUT2D eigenvalue weighted by Gasteiger charge is -2.18. The van der Waals surface area contributed by atoms with E-state index < -0.39 is 0 Å². The Morgan fingerprint density at radius 1 is 1.35 bits per heavy atom. The number of rotatable bonds is 8. The molecule has 1 aromatic carbocycles. The third-order valence-corrected chi connectivity index (χ3v) is 3.38. The molecular formula is C17H27NO2. The number of aliphatic hydroxyl groups is 1. The van der Waals surface area contributed by atoms with Gasteiger partial charge in [-0.2, -0.15) is 0 Å². The lowest BCUT2D eigenvalue weighted by Crippen LogP contribution is -2.31. The maximum Gasteiger partial charge on any atom is 0.224 e. The molecule has 3 nitrogen and oxygen atoms in total. The minimum absolute atomic E-state index is 0.0577. The molecule has 0 heterocycles. The van der Waals surface area contributed by atoms with Crippen LogP contribution in [0.4, 0.5) is 0 Å². The normalized spacial score (nSPS) is 12.4. The van der Waals surface area contributed by atoms with Crippen LogP contribution in [0.15, 0.2) is 24.3 Å². The van der Waals surface area contributed by atoms with Gasteiger partial charge in [0.2, 0.25) is 5.91 Å². The molecule has 0 saturated heterocycles. The van der Waals surface area contributed by atoms with E-state index in [9.17, 15) is 4.79 Å². The molecule has 1 unspecified atom stereocenters. The molecule has 0 radical (unpaired) electrons. The zero-order valence-corrected chi connectivity index (χ0v) is 12.9. The second-order valence-electron chi connectivity index (χ2n) is 5.98. The molecule has 0 spiro atoms. The van der Waals surface area contributed by atoms with E-state index in [-0.39, 0.29) is 12.5 Å². The number of hydrogen-bond donors (Lipinski definition) is 2. The standard InChI is InChI=1S/C17H27NO2/c1-13(2)9-16(7-8-19)12-18-17(20)11-15-6-4-5-14(3)10-15/h4-6,10,13,16,19H,7-9,11-12H2,1-3H3,(H,18,20). The average Bonchev–Trinajstić information content (AvgIpc) is 2.35. The molecule has 0 aliphatic carbocycles. The number of aliphatic hydroxyl groups excluding tert-OH is 1. The third-order valence-electron chi connectivity index (χ3n) is 3.38. The number of carbonyl (C=O) groups excluding carboxylic acids is 1. The van der Waals surface area contributed by atoms with Gasteiger partial charge in [-0.05, 0) is 37.2 Å². The SMILES string of the molecule is Cc1cccc(CC(=O)NCC(CCO)CC(C)C)c1. The molecule has 0 aliphatic rings. The summed E-state index contributed by atoms with van der Waals surface area (Å²) in [5.74, 6) is 1.00. The lowest BCUT2D eigenvalue weighted by atomic mass is 9.94. The first-order valence-corrected chi connectivity index (χ1v) is 7.44. The Morgan fingerprint density at radius 3 is 2.70 bits per heavy atom. The van der Waals surface area contributed by atoms with Crippen molar-refractivity contribution in [1.29, 1.82) is 0 Å². The van der Waals surface area contributed by atoms with Crippen LogP contribution >= 0.6 is 0 Å². The monoisotopic (exact) mass is 277 g/mol. The molecule has 1 amide bonds. The summed E-state index contributed by atoms with van der Waals surface area (Å²) in [6, 6.07) is 8.03. The van der Waals surface area contributed by atoms with Crippen molar-refractivity contribution in [1.82, 2.24) is 5.32 Å². The average molecular weight is 277 g/mol. The van der Waals surface area contributed by atoms with Gasteiger partial charge in [-0.25, -0.2) is 0 Å². The molecule has 112 valence electrons. The van der Waals surface area contributed by atoms with Crippen LogP contribution in [0.3, 0.4) is 0 Å². The summed E-state index contributed by atoms with van der Waals surface area (Å²) in [5.41, 5.74) is 2.22. The first kappa shape index (κ1) is 16.7. The maximum atomic E-state index is 11.9. The topological polar surface area (TPSA) is 49.3 Å². The van der Waals surface area contributed by atoms with Crippen molar-refractivity contribution in [2.24, 2.45) is 11.8 Å². The minimum Gasteiger partial charge on any atom is -0.396 e. The number of hydrogen-bond acceptors (Lipinski definition) is 2. The first-order chi connectivity index (χ1) is 9.51. The van der Waals surface area contributed by atoms with Crippen LogP contribution in [-0.2, 0) is 11.2 Å². The predicted molar refractivity (Wildman–Crippen MR) is 82.5 cm³/mol. The fraction of sp³-hybridized carbons (Fsp3) is 0.588. The van der Waals surface area contributed by atoms with Crippen molar-refractivity contribution in [3.63, 3.8) is 0 Å². The summed E-state index contributed by atoms with van der Waals surface area (Å²) in [6.07, 6.45) is 2.21. The van der Waals surface area contributed by atoms with E-state index in [0.717, 1.165) is 18.4 Å². The van der Waals surface area contributed by atoms with Gasteiger partial charge in [-0.1, -0.05) is 43.7 Å². The van der Waals surface area contributed by atoms with E-state index in [2.05, 4.69) is 19.2 Å². The van der Waals surface area contributed by atoms with Gasteiger partial charge in [0.15, 0.2) is 0 Å². The highest BCUT2D eigenvalue weighted by atomic mass is 16.3. The minimum atomic E-state index is 0.0577. The van der Waals surface area contributed by atoms with Crippen LogP contribution in [0.5, 0.6) is 0 Å². The van der Waals surface area contributed by atoms with Crippen LogP contribution in [-0.4, -0.2) is 24.2 Å². The quantitative estimate of drug-likeness (QED) is 0.767. The Balaban J connectivity index is 2.41. The van der Waals surface area contributed by atoms with Crippen molar-refractivity contribution < 1.29 is 9.90 Å². The van der Waals surface area contributed by atoms with Crippen molar-refractivity contribution in [3.8, 4) is 0 Å². The van der Waals surface area contributed by atoms with Crippen molar-refractivity contribution in [2.75, 3.05) is 13.2 Å². The zero-order chi connectivity index (χ0) is 15.0. The molecule has 0 aliphatic heterocycles. The highest BCUT2D eigenvalue weighted by molar-refractivity contribution is 5.78. The Labute approximate surface area is 122 Å². The first-order valence-electron chi connectivity index (χ1n) is 7.44. The van der Waals surface area contributed by atoms with Gasteiger partial charge < -0.3 is 10.4 Å². The van der Waals surface area contributed by atoms with E-state index in [4.69, 9.17) is 5.11 Å². The Bertz CT molecular complexity index is 415. The van der Waals surface area contributed by atoms with Gasteiger partial charge in [0.05, 0.1) is 6.42 Å². The molecule has 3 heteroatoms. The second kappa shape index (κ2) is 8.75. The molecule has 1 rings (SSSR count). The molecule has 0 fully saturated rings. The molecule has 1 aromatic rings. The lowest BCUT2D eigenvalue weighted by molar-refractivity contribution is -0.120. The molecule has 1 atom stereocenters. The second-order valence-corrected chi connectivity index (χ2v) is 5.98. The van der Waals surface area contributed by atoms with E-state index in [1.807, 2.05) is 31.2 Å². The van der Waals surface area contributed by atoms with Crippen LogP contribution < -0.4 is 5.32 Å². The Hall–Kier alpha value is -1.35. The molecule has 0 aromatic heterocycles. The molecule has 0 bridgehead atoms. The summed E-state index contributed by atoms with van der Waals surface area (Å²) in [7, 11) is 0. The highest BCUT2D eigenvalue weighted by Crippen LogP contribution is 2.14. The van der Waals surface area contributed by atoms with E-state index in [1.165, 1.54) is 5.56 Å². The van der Waals surface area contributed by atoms with E-state index >= 15 is 0 Å². The molecule has 2 N–H and O–H groups in total. The third kappa shape index (κ3) is 6.71. The number of amides is 1. The van der Waals surface area contributed by atoms with Gasteiger partial charge >= 0.3 is 0 Å². The molecule has 20 heavy (non-hydrogen) atoms.